The fourth-order valence-electron chi connectivity index (χ4n) is 2.95. The zero-order valence-corrected chi connectivity index (χ0v) is 14.6. The van der Waals surface area contributed by atoms with Gasteiger partial charge in [-0.05, 0) is 38.8 Å². The summed E-state index contributed by atoms with van der Waals surface area (Å²) in [4.78, 5) is 29.2. The average molecular weight is 373 g/mol. The number of hydrogen-bond acceptors (Lipinski definition) is 4. The minimum atomic E-state index is -5.05. The first-order valence-electron chi connectivity index (χ1n) is 8.24. The van der Waals surface area contributed by atoms with Gasteiger partial charge in [0.05, 0.1) is 5.60 Å². The Bertz CT molecular complexity index is 654. The van der Waals surface area contributed by atoms with E-state index in [1.807, 2.05) is 6.07 Å². The van der Waals surface area contributed by atoms with Crippen LogP contribution in [0, 0.1) is 0 Å². The Balaban J connectivity index is 1.96. The Hall–Kier alpha value is -2.16. The molecule has 0 aliphatic carbocycles. The van der Waals surface area contributed by atoms with Gasteiger partial charge in [-0.3, -0.25) is 14.6 Å². The molecule has 1 aromatic rings. The predicted octanol–water partition coefficient (Wildman–Crippen LogP) is 1.43. The Kier molecular flexibility index (Phi) is 5.60. The number of aliphatic hydroxyl groups is 1. The number of nitrogens with one attached hydrogen (secondary N) is 1. The predicted molar refractivity (Wildman–Crippen MR) is 87.0 cm³/mol. The van der Waals surface area contributed by atoms with Crippen LogP contribution in [0.4, 0.5) is 13.2 Å². The minimum absolute atomic E-state index is 0.188. The van der Waals surface area contributed by atoms with Gasteiger partial charge in [0.2, 0.25) is 5.91 Å². The van der Waals surface area contributed by atoms with Crippen LogP contribution in [0.5, 0.6) is 0 Å². The molecule has 144 valence electrons. The van der Waals surface area contributed by atoms with E-state index < -0.39 is 29.1 Å². The van der Waals surface area contributed by atoms with Crippen molar-refractivity contribution in [3.8, 4) is 0 Å². The minimum Gasteiger partial charge on any atom is -0.389 e. The highest BCUT2D eigenvalue weighted by Gasteiger charge is 2.45. The smallest absolute Gasteiger partial charge is 0.389 e. The van der Waals surface area contributed by atoms with Gasteiger partial charge < -0.3 is 15.3 Å². The quantitative estimate of drug-likeness (QED) is 0.837. The Morgan fingerprint density at radius 2 is 1.88 bits per heavy atom. The van der Waals surface area contributed by atoms with E-state index in [4.69, 9.17) is 0 Å². The highest BCUT2D eigenvalue weighted by molar-refractivity contribution is 5.92. The summed E-state index contributed by atoms with van der Waals surface area (Å²) >= 11 is 0. The highest BCUT2D eigenvalue weighted by atomic mass is 19.4. The summed E-state index contributed by atoms with van der Waals surface area (Å²) in [7, 11) is 0. The van der Waals surface area contributed by atoms with Crippen LogP contribution in [0.2, 0.25) is 0 Å². The fraction of sp³-hybridized carbons (Fsp3) is 0.588. The lowest BCUT2D eigenvalue weighted by atomic mass is 9.86. The number of nitrogens with zero attached hydrogens (tertiary/aromatic N) is 2. The lowest BCUT2D eigenvalue weighted by Crippen LogP contribution is -2.60. The largest absolute Gasteiger partial charge is 0.471 e. The molecule has 2 heterocycles. The second kappa shape index (κ2) is 7.22. The van der Waals surface area contributed by atoms with Crippen molar-refractivity contribution in [2.75, 3.05) is 13.1 Å². The number of carbonyl (C=O) groups excluding carboxylic acids is 2. The molecule has 0 saturated carbocycles. The van der Waals surface area contributed by atoms with Crippen LogP contribution in [0.25, 0.3) is 0 Å². The first kappa shape index (κ1) is 20.2. The Morgan fingerprint density at radius 1 is 1.27 bits per heavy atom. The zero-order valence-electron chi connectivity index (χ0n) is 14.6. The zero-order chi connectivity index (χ0) is 19.6. The molecule has 2 rings (SSSR count). The number of carbonyl (C=O) groups is 2. The van der Waals surface area contributed by atoms with Crippen molar-refractivity contribution in [2.24, 2.45) is 0 Å². The number of pyridine rings is 1. The highest BCUT2D eigenvalue weighted by Crippen LogP contribution is 2.27. The van der Waals surface area contributed by atoms with Gasteiger partial charge >= 0.3 is 12.1 Å². The molecule has 0 atom stereocenters. The maximum absolute atomic E-state index is 12.5. The molecule has 0 radical (unpaired) electrons. The van der Waals surface area contributed by atoms with Crippen LogP contribution in [0.15, 0.2) is 24.4 Å². The van der Waals surface area contributed by atoms with Gasteiger partial charge in [-0.2, -0.15) is 13.2 Å². The van der Waals surface area contributed by atoms with Gasteiger partial charge in [0.15, 0.2) is 0 Å². The van der Waals surface area contributed by atoms with Crippen molar-refractivity contribution in [3.05, 3.63) is 30.1 Å². The first-order chi connectivity index (χ1) is 11.9. The normalized spacial score (nSPS) is 17.7. The molecule has 2 N–H and O–H groups in total. The number of piperidine rings is 1. The van der Waals surface area contributed by atoms with Crippen LogP contribution < -0.4 is 5.32 Å². The summed E-state index contributed by atoms with van der Waals surface area (Å²) in [6.45, 7) is 2.84. The van der Waals surface area contributed by atoms with Gasteiger partial charge in [-0.1, -0.05) is 6.07 Å². The summed E-state index contributed by atoms with van der Waals surface area (Å²) in [5.74, 6) is -2.77. The van der Waals surface area contributed by atoms with E-state index in [0.717, 1.165) is 5.69 Å². The molecule has 0 bridgehead atoms. The standard InChI is InChI=1S/C17H22F3N3O3/c1-15(2,22-13(24)17(18,19)20)14(25)23-9-6-16(26,7-10-23)11-12-5-3-4-8-21-12/h3-5,8,26H,6-7,9-11H2,1-2H3,(H,22,24). The summed E-state index contributed by atoms with van der Waals surface area (Å²) < 4.78 is 37.3. The monoisotopic (exact) mass is 373 g/mol. The number of hydrogen-bond donors (Lipinski definition) is 2. The molecule has 6 nitrogen and oxygen atoms in total. The molecule has 0 unspecified atom stereocenters. The second-order valence-electron chi connectivity index (χ2n) is 7.09. The van der Waals surface area contributed by atoms with Gasteiger partial charge in [-0.15, -0.1) is 0 Å². The molecule has 2 amide bonds. The van der Waals surface area contributed by atoms with Crippen LogP contribution in [-0.4, -0.2) is 57.2 Å². The maximum atomic E-state index is 12.5. The van der Waals surface area contributed by atoms with E-state index in [1.54, 1.807) is 23.6 Å². The third-order valence-corrected chi connectivity index (χ3v) is 4.44. The fourth-order valence-corrected chi connectivity index (χ4v) is 2.95. The maximum Gasteiger partial charge on any atom is 0.471 e. The topological polar surface area (TPSA) is 82.5 Å². The SMILES string of the molecule is CC(C)(NC(=O)C(F)(F)F)C(=O)N1CCC(O)(Cc2ccccn2)CC1. The first-order valence-corrected chi connectivity index (χ1v) is 8.24. The van der Waals surface area contributed by atoms with E-state index in [1.165, 1.54) is 18.7 Å². The van der Waals surface area contributed by atoms with Crippen LogP contribution in [-0.2, 0) is 16.0 Å². The Morgan fingerprint density at radius 3 is 2.38 bits per heavy atom. The second-order valence-corrected chi connectivity index (χ2v) is 7.09. The summed E-state index contributed by atoms with van der Waals surface area (Å²) in [5.41, 5.74) is -1.99. The number of rotatable bonds is 4. The molecule has 26 heavy (non-hydrogen) atoms. The molecule has 0 aromatic carbocycles. The number of halogens is 3. The lowest BCUT2D eigenvalue weighted by molar-refractivity contribution is -0.176. The van der Waals surface area contributed by atoms with E-state index in [9.17, 15) is 27.9 Å². The van der Waals surface area contributed by atoms with Crippen LogP contribution in [0.3, 0.4) is 0 Å². The Labute approximate surface area is 149 Å². The van der Waals surface area contributed by atoms with Gasteiger partial charge in [0, 0.05) is 31.4 Å². The number of amides is 2. The van der Waals surface area contributed by atoms with Crippen molar-refractivity contribution in [3.63, 3.8) is 0 Å². The van der Waals surface area contributed by atoms with Crippen LogP contribution >= 0.6 is 0 Å². The van der Waals surface area contributed by atoms with Crippen molar-refractivity contribution in [1.82, 2.24) is 15.2 Å². The molecule has 1 fully saturated rings. The molecule has 1 aliphatic heterocycles. The van der Waals surface area contributed by atoms with Crippen LogP contribution in [0.1, 0.15) is 32.4 Å². The number of aromatic nitrogens is 1. The molecule has 1 aliphatic rings. The van der Waals surface area contributed by atoms with Crippen molar-refractivity contribution < 1.29 is 27.9 Å². The van der Waals surface area contributed by atoms with E-state index in [0.29, 0.717) is 6.42 Å². The van der Waals surface area contributed by atoms with Crippen molar-refractivity contribution in [1.29, 1.82) is 0 Å². The lowest BCUT2D eigenvalue weighted by Gasteiger charge is -2.41. The third-order valence-electron chi connectivity index (χ3n) is 4.44. The number of alkyl halides is 3. The van der Waals surface area contributed by atoms with Crippen molar-refractivity contribution >= 4 is 11.8 Å². The van der Waals surface area contributed by atoms with Crippen molar-refractivity contribution in [2.45, 2.75) is 50.4 Å². The summed E-state index contributed by atoms with van der Waals surface area (Å²) in [6, 6.07) is 5.38. The summed E-state index contributed by atoms with van der Waals surface area (Å²) in [6.07, 6.45) is -2.53. The summed E-state index contributed by atoms with van der Waals surface area (Å²) in [5, 5.41) is 12.4. The molecule has 1 aromatic heterocycles. The van der Waals surface area contributed by atoms with Gasteiger partial charge in [0.25, 0.3) is 0 Å². The van der Waals surface area contributed by atoms with Gasteiger partial charge in [0.1, 0.15) is 5.54 Å². The molecular formula is C17H22F3N3O3. The van der Waals surface area contributed by atoms with E-state index in [-0.39, 0.29) is 25.9 Å². The van der Waals surface area contributed by atoms with E-state index >= 15 is 0 Å². The van der Waals surface area contributed by atoms with E-state index in [2.05, 4.69) is 4.98 Å². The molecular weight excluding hydrogens is 351 g/mol. The number of likely N-dealkylation sites (tertiary alicyclic amines) is 1. The van der Waals surface area contributed by atoms with Gasteiger partial charge in [-0.25, -0.2) is 0 Å². The molecule has 0 spiro atoms. The molecule has 9 heteroatoms. The third kappa shape index (κ3) is 4.94. The average Bonchev–Trinajstić information content (AvgIpc) is 2.54. The molecule has 1 saturated heterocycles.